The predicted octanol–water partition coefficient (Wildman–Crippen LogP) is 0.602. The second-order valence-corrected chi connectivity index (χ2v) is 5.38. The molecule has 1 rings (SSSR count). The van der Waals surface area contributed by atoms with Crippen LogP contribution in [0.2, 0.25) is 0 Å². The summed E-state index contributed by atoms with van der Waals surface area (Å²) in [5.41, 5.74) is 5.93. The third kappa shape index (κ3) is 6.68. The van der Waals surface area contributed by atoms with E-state index in [1.807, 2.05) is 0 Å². The lowest BCUT2D eigenvalue weighted by atomic mass is 9.90. The molecule has 0 heterocycles. The average Bonchev–Trinajstić information content (AvgIpc) is 2.42. The number of hydrogen-bond donors (Lipinski definition) is 2. The molecule has 1 unspecified atom stereocenters. The molecule has 0 spiro atoms. The molecule has 1 aliphatic rings. The van der Waals surface area contributed by atoms with Crippen LogP contribution in [0.3, 0.4) is 0 Å². The van der Waals surface area contributed by atoms with Crippen molar-refractivity contribution in [3.8, 4) is 0 Å². The molecule has 3 N–H and O–H groups in total. The third-order valence-corrected chi connectivity index (χ3v) is 3.85. The highest BCUT2D eigenvalue weighted by atomic mass is 16.5. The van der Waals surface area contributed by atoms with Gasteiger partial charge < -0.3 is 20.3 Å². The monoisotopic (exact) mass is 274 g/mol. The zero-order chi connectivity index (χ0) is 14.1. The van der Waals surface area contributed by atoms with Crippen molar-refractivity contribution in [1.29, 1.82) is 0 Å². The fraction of sp³-hybridized carbons (Fsp3) is 1.00. The maximum Gasteiger partial charge on any atom is 0.0900 e. The summed E-state index contributed by atoms with van der Waals surface area (Å²) in [7, 11) is 1.65. The van der Waals surface area contributed by atoms with Gasteiger partial charge in [-0.3, -0.25) is 4.90 Å². The summed E-state index contributed by atoms with van der Waals surface area (Å²) in [6.07, 6.45) is 4.06. The molecule has 114 valence electrons. The van der Waals surface area contributed by atoms with E-state index in [9.17, 15) is 5.11 Å². The van der Waals surface area contributed by atoms with Crippen LogP contribution in [-0.2, 0) is 9.47 Å². The molecule has 0 bridgehead atoms. The zero-order valence-corrected chi connectivity index (χ0v) is 12.4. The molecule has 1 fully saturated rings. The highest BCUT2D eigenvalue weighted by Gasteiger charge is 2.24. The van der Waals surface area contributed by atoms with E-state index in [1.54, 1.807) is 7.11 Å². The van der Waals surface area contributed by atoms with Crippen LogP contribution in [0.4, 0.5) is 0 Å². The average molecular weight is 274 g/mol. The van der Waals surface area contributed by atoms with Gasteiger partial charge in [-0.25, -0.2) is 0 Å². The normalized spacial score (nSPS) is 25.7. The molecule has 1 aliphatic carbocycles. The Morgan fingerprint density at radius 1 is 1.26 bits per heavy atom. The van der Waals surface area contributed by atoms with Gasteiger partial charge in [0.05, 0.1) is 25.9 Å². The van der Waals surface area contributed by atoms with Crippen LogP contribution in [0.5, 0.6) is 0 Å². The number of likely N-dealkylation sites (N-methyl/N-ethyl adjacent to an activating group) is 1. The quantitative estimate of drug-likeness (QED) is 0.603. The summed E-state index contributed by atoms with van der Waals surface area (Å²) < 4.78 is 10.3. The van der Waals surface area contributed by atoms with Crippen molar-refractivity contribution in [1.82, 2.24) is 4.90 Å². The fourth-order valence-electron chi connectivity index (χ4n) is 2.69. The molecule has 5 nitrogen and oxygen atoms in total. The Morgan fingerprint density at radius 3 is 2.53 bits per heavy atom. The molecular weight excluding hydrogens is 244 g/mol. The van der Waals surface area contributed by atoms with Crippen LogP contribution in [0.25, 0.3) is 0 Å². The highest BCUT2D eigenvalue weighted by molar-refractivity contribution is 4.81. The van der Waals surface area contributed by atoms with Gasteiger partial charge in [-0.2, -0.15) is 0 Å². The lowest BCUT2D eigenvalue weighted by Crippen LogP contribution is -2.45. The Kier molecular flexibility index (Phi) is 8.57. The summed E-state index contributed by atoms with van der Waals surface area (Å²) in [4.78, 5) is 2.36. The Hall–Kier alpha value is -0.200. The van der Waals surface area contributed by atoms with Gasteiger partial charge in [0.25, 0.3) is 0 Å². The second-order valence-electron chi connectivity index (χ2n) is 5.38. The van der Waals surface area contributed by atoms with E-state index in [1.165, 1.54) is 0 Å². The van der Waals surface area contributed by atoms with Crippen LogP contribution in [-0.4, -0.2) is 68.2 Å². The van der Waals surface area contributed by atoms with Crippen molar-refractivity contribution in [2.75, 3.05) is 40.0 Å². The van der Waals surface area contributed by atoms with E-state index in [0.717, 1.165) is 32.2 Å². The molecule has 19 heavy (non-hydrogen) atoms. The van der Waals surface area contributed by atoms with E-state index < -0.39 is 6.10 Å². The number of nitrogens with two attached hydrogens (primary N) is 1. The van der Waals surface area contributed by atoms with E-state index in [0.29, 0.717) is 38.4 Å². The Bertz CT molecular complexity index is 221. The van der Waals surface area contributed by atoms with Gasteiger partial charge in [-0.05, 0) is 32.2 Å². The van der Waals surface area contributed by atoms with Crippen molar-refractivity contribution in [3.63, 3.8) is 0 Å². The molecule has 0 amide bonds. The minimum Gasteiger partial charge on any atom is -0.389 e. The minimum atomic E-state index is -0.424. The van der Waals surface area contributed by atoms with Gasteiger partial charge in [-0.15, -0.1) is 0 Å². The van der Waals surface area contributed by atoms with Gasteiger partial charge in [0.15, 0.2) is 0 Å². The highest BCUT2D eigenvalue weighted by Crippen LogP contribution is 2.22. The summed E-state index contributed by atoms with van der Waals surface area (Å²) in [5.74, 6) is 0. The molecule has 1 saturated carbocycles. The maximum absolute atomic E-state index is 10.0. The van der Waals surface area contributed by atoms with Crippen molar-refractivity contribution >= 4 is 0 Å². The van der Waals surface area contributed by atoms with E-state index in [4.69, 9.17) is 15.2 Å². The first-order chi connectivity index (χ1) is 9.17. The van der Waals surface area contributed by atoms with Crippen LogP contribution < -0.4 is 5.73 Å². The standard InChI is InChI=1S/C14H30N2O3/c1-3-16(13-6-4-12(15)5-7-13)10-14(17)11-19-9-8-18-2/h12-14,17H,3-11,15H2,1-2H3. The first-order valence-electron chi connectivity index (χ1n) is 7.41. The number of nitrogens with zero attached hydrogens (tertiary/aromatic N) is 1. The van der Waals surface area contributed by atoms with Crippen LogP contribution in [0, 0.1) is 0 Å². The molecule has 0 saturated heterocycles. The van der Waals surface area contributed by atoms with Gasteiger partial charge in [0.2, 0.25) is 0 Å². The van der Waals surface area contributed by atoms with Gasteiger partial charge in [-0.1, -0.05) is 6.92 Å². The van der Waals surface area contributed by atoms with Crippen LogP contribution in [0.1, 0.15) is 32.6 Å². The number of rotatable bonds is 9. The minimum absolute atomic E-state index is 0.372. The molecule has 0 radical (unpaired) electrons. The SMILES string of the molecule is CCN(CC(O)COCCOC)C1CCC(N)CC1. The predicted molar refractivity (Wildman–Crippen MR) is 76.2 cm³/mol. The largest absolute Gasteiger partial charge is 0.389 e. The number of hydrogen-bond acceptors (Lipinski definition) is 5. The van der Waals surface area contributed by atoms with Gasteiger partial charge in [0.1, 0.15) is 0 Å². The smallest absolute Gasteiger partial charge is 0.0900 e. The number of methoxy groups -OCH3 is 1. The summed E-state index contributed by atoms with van der Waals surface area (Å²) in [6, 6.07) is 0.940. The molecule has 1 atom stereocenters. The van der Waals surface area contributed by atoms with Crippen molar-refractivity contribution < 1.29 is 14.6 Å². The van der Waals surface area contributed by atoms with Gasteiger partial charge >= 0.3 is 0 Å². The first-order valence-corrected chi connectivity index (χ1v) is 7.41. The molecular formula is C14H30N2O3. The zero-order valence-electron chi connectivity index (χ0n) is 12.4. The van der Waals surface area contributed by atoms with E-state index in [2.05, 4.69) is 11.8 Å². The second kappa shape index (κ2) is 9.66. The van der Waals surface area contributed by atoms with Crippen molar-refractivity contribution in [3.05, 3.63) is 0 Å². The summed E-state index contributed by atoms with van der Waals surface area (Å²) in [6.45, 7) is 5.29. The van der Waals surface area contributed by atoms with E-state index in [-0.39, 0.29) is 0 Å². The van der Waals surface area contributed by atoms with Crippen LogP contribution in [0.15, 0.2) is 0 Å². The Balaban J connectivity index is 2.23. The first kappa shape index (κ1) is 16.9. The van der Waals surface area contributed by atoms with Crippen LogP contribution >= 0.6 is 0 Å². The lowest BCUT2D eigenvalue weighted by Gasteiger charge is -2.36. The van der Waals surface area contributed by atoms with Crippen molar-refractivity contribution in [2.45, 2.75) is 50.8 Å². The number of aliphatic hydroxyl groups excluding tert-OH is 1. The molecule has 0 aromatic carbocycles. The fourth-order valence-corrected chi connectivity index (χ4v) is 2.69. The molecule has 0 aromatic rings. The van der Waals surface area contributed by atoms with E-state index >= 15 is 0 Å². The Labute approximate surface area is 117 Å². The molecule has 5 heteroatoms. The number of aliphatic hydroxyl groups is 1. The molecule has 0 aromatic heterocycles. The Morgan fingerprint density at radius 2 is 1.95 bits per heavy atom. The summed E-state index contributed by atoms with van der Waals surface area (Å²) >= 11 is 0. The topological polar surface area (TPSA) is 68.0 Å². The van der Waals surface area contributed by atoms with Gasteiger partial charge in [0, 0.05) is 25.7 Å². The number of ether oxygens (including phenoxy) is 2. The third-order valence-electron chi connectivity index (χ3n) is 3.85. The summed E-state index contributed by atoms with van der Waals surface area (Å²) in [5, 5.41) is 10.0. The van der Waals surface area contributed by atoms with Crippen molar-refractivity contribution in [2.24, 2.45) is 5.73 Å². The lowest BCUT2D eigenvalue weighted by molar-refractivity contribution is -0.00846. The maximum atomic E-state index is 10.0. The molecule has 0 aliphatic heterocycles.